The highest BCUT2D eigenvalue weighted by Gasteiger charge is 2.18. The van der Waals surface area contributed by atoms with Gasteiger partial charge in [0.05, 0.1) is 25.0 Å². The van der Waals surface area contributed by atoms with Crippen LogP contribution in [0, 0.1) is 11.3 Å². The minimum Gasteiger partial charge on any atom is -0.457 e. The monoisotopic (exact) mass is 414 g/mol. The zero-order chi connectivity index (χ0) is 22.1. The van der Waals surface area contributed by atoms with Crippen molar-refractivity contribution in [3.8, 4) is 17.6 Å². The van der Waals surface area contributed by atoms with E-state index in [0.717, 1.165) is 5.56 Å². The summed E-state index contributed by atoms with van der Waals surface area (Å²) in [6.45, 7) is 0. The standard InChI is InChI=1S/C24H22N4O3/c25-14-13-17-9-11-19(12-10-17)27-23(29)16-22(28-24(26)30)18-5-4-8-21(15-18)31-20-6-2-1-3-7-20/h1-12,15,22H,13,16H2,(H,27,29)(H3,26,28,30)/t22-/m1/s1. The Bertz CT molecular complexity index is 1080. The van der Waals surface area contributed by atoms with Crippen molar-refractivity contribution in [1.82, 2.24) is 5.32 Å². The van der Waals surface area contributed by atoms with Crippen LogP contribution in [0.2, 0.25) is 0 Å². The molecule has 7 nitrogen and oxygen atoms in total. The molecule has 156 valence electrons. The zero-order valence-electron chi connectivity index (χ0n) is 16.7. The number of carbonyl (C=O) groups excluding carboxylic acids is 2. The highest BCUT2D eigenvalue weighted by molar-refractivity contribution is 5.91. The Balaban J connectivity index is 1.71. The van der Waals surface area contributed by atoms with Crippen molar-refractivity contribution in [2.24, 2.45) is 5.73 Å². The second-order valence-corrected chi connectivity index (χ2v) is 6.83. The number of nitrogens with two attached hydrogens (primary N) is 1. The third kappa shape index (κ3) is 6.61. The Labute approximate surface area is 180 Å². The molecule has 0 aliphatic heterocycles. The molecule has 0 heterocycles. The summed E-state index contributed by atoms with van der Waals surface area (Å²) in [6.07, 6.45) is 0.290. The Hall–Kier alpha value is -4.31. The fourth-order valence-electron chi connectivity index (χ4n) is 3.04. The van der Waals surface area contributed by atoms with Gasteiger partial charge in [-0.3, -0.25) is 4.79 Å². The normalized spacial score (nSPS) is 11.1. The molecular weight excluding hydrogens is 392 g/mol. The molecule has 0 spiro atoms. The van der Waals surface area contributed by atoms with E-state index in [-0.39, 0.29) is 12.3 Å². The summed E-state index contributed by atoms with van der Waals surface area (Å²) >= 11 is 0. The molecule has 0 fully saturated rings. The molecule has 0 bridgehead atoms. The van der Waals surface area contributed by atoms with Crippen LogP contribution in [-0.2, 0) is 11.2 Å². The largest absolute Gasteiger partial charge is 0.457 e. The van der Waals surface area contributed by atoms with E-state index in [1.165, 1.54) is 0 Å². The molecule has 3 aromatic carbocycles. The molecule has 4 N–H and O–H groups in total. The topological polar surface area (TPSA) is 117 Å². The number of primary amides is 1. The van der Waals surface area contributed by atoms with Gasteiger partial charge in [0.15, 0.2) is 0 Å². The minimum atomic E-state index is -0.729. The number of amides is 3. The van der Waals surface area contributed by atoms with Gasteiger partial charge in [0.1, 0.15) is 11.5 Å². The van der Waals surface area contributed by atoms with Crippen LogP contribution in [0.1, 0.15) is 23.6 Å². The van der Waals surface area contributed by atoms with Crippen molar-refractivity contribution in [2.45, 2.75) is 18.9 Å². The molecule has 0 radical (unpaired) electrons. The van der Waals surface area contributed by atoms with Crippen LogP contribution >= 0.6 is 0 Å². The van der Waals surface area contributed by atoms with E-state index >= 15 is 0 Å². The van der Waals surface area contributed by atoms with Gasteiger partial charge in [-0.15, -0.1) is 0 Å². The summed E-state index contributed by atoms with van der Waals surface area (Å²) in [4.78, 5) is 24.1. The van der Waals surface area contributed by atoms with Gasteiger partial charge in [0, 0.05) is 5.69 Å². The molecule has 31 heavy (non-hydrogen) atoms. The van der Waals surface area contributed by atoms with Crippen molar-refractivity contribution in [2.75, 3.05) is 5.32 Å². The van der Waals surface area contributed by atoms with Crippen LogP contribution < -0.4 is 21.1 Å². The number of anilines is 1. The first-order chi connectivity index (χ1) is 15.0. The van der Waals surface area contributed by atoms with E-state index in [2.05, 4.69) is 16.7 Å². The molecule has 0 aliphatic rings. The molecule has 0 aromatic heterocycles. The quantitative estimate of drug-likeness (QED) is 0.510. The molecule has 0 saturated heterocycles. The number of nitrogens with one attached hydrogen (secondary N) is 2. The number of hydrogen-bond donors (Lipinski definition) is 3. The molecule has 7 heteroatoms. The van der Waals surface area contributed by atoms with Crippen molar-refractivity contribution >= 4 is 17.6 Å². The first-order valence-corrected chi connectivity index (χ1v) is 9.68. The maximum absolute atomic E-state index is 12.6. The minimum absolute atomic E-state index is 0.0162. The van der Waals surface area contributed by atoms with Crippen LogP contribution in [0.5, 0.6) is 11.5 Å². The molecule has 0 unspecified atom stereocenters. The lowest BCUT2D eigenvalue weighted by Crippen LogP contribution is -2.35. The van der Waals surface area contributed by atoms with Crippen LogP contribution in [0.25, 0.3) is 0 Å². The van der Waals surface area contributed by atoms with Crippen LogP contribution in [0.3, 0.4) is 0 Å². The van der Waals surface area contributed by atoms with E-state index in [1.807, 2.05) is 30.3 Å². The first-order valence-electron chi connectivity index (χ1n) is 9.68. The molecule has 3 aromatic rings. The van der Waals surface area contributed by atoms with Crippen LogP contribution in [0.15, 0.2) is 78.9 Å². The predicted molar refractivity (Wildman–Crippen MR) is 117 cm³/mol. The fraction of sp³-hybridized carbons (Fsp3) is 0.125. The van der Waals surface area contributed by atoms with E-state index in [4.69, 9.17) is 15.7 Å². The number of rotatable bonds is 8. The summed E-state index contributed by atoms with van der Waals surface area (Å²) in [7, 11) is 0. The van der Waals surface area contributed by atoms with E-state index in [0.29, 0.717) is 29.2 Å². The number of nitriles is 1. The smallest absolute Gasteiger partial charge is 0.312 e. The van der Waals surface area contributed by atoms with Gasteiger partial charge >= 0.3 is 6.03 Å². The van der Waals surface area contributed by atoms with E-state index < -0.39 is 12.1 Å². The number of benzene rings is 3. The lowest BCUT2D eigenvalue weighted by Gasteiger charge is -2.19. The molecule has 0 aliphatic carbocycles. The second-order valence-electron chi connectivity index (χ2n) is 6.83. The molecular formula is C24H22N4O3. The van der Waals surface area contributed by atoms with Crippen LogP contribution in [-0.4, -0.2) is 11.9 Å². The van der Waals surface area contributed by atoms with Crippen molar-refractivity contribution < 1.29 is 14.3 Å². The maximum atomic E-state index is 12.6. The Morgan fingerprint density at radius 1 is 0.968 bits per heavy atom. The third-order valence-electron chi connectivity index (χ3n) is 4.47. The average Bonchev–Trinajstić information content (AvgIpc) is 2.75. The summed E-state index contributed by atoms with van der Waals surface area (Å²) in [5, 5.41) is 14.2. The third-order valence-corrected chi connectivity index (χ3v) is 4.47. The molecule has 1 atom stereocenters. The number of carbonyl (C=O) groups is 2. The summed E-state index contributed by atoms with van der Waals surface area (Å²) in [5.74, 6) is 0.964. The number of ether oxygens (including phenoxy) is 1. The lowest BCUT2D eigenvalue weighted by molar-refractivity contribution is -0.116. The van der Waals surface area contributed by atoms with Gasteiger partial charge < -0.3 is 21.1 Å². The van der Waals surface area contributed by atoms with Gasteiger partial charge in [-0.1, -0.05) is 42.5 Å². The van der Waals surface area contributed by atoms with Crippen LogP contribution in [0.4, 0.5) is 10.5 Å². The van der Waals surface area contributed by atoms with Gasteiger partial charge in [-0.05, 0) is 47.5 Å². The fourth-order valence-corrected chi connectivity index (χ4v) is 3.04. The highest BCUT2D eigenvalue weighted by Crippen LogP contribution is 2.26. The lowest BCUT2D eigenvalue weighted by atomic mass is 10.0. The Morgan fingerprint density at radius 3 is 2.35 bits per heavy atom. The summed E-state index contributed by atoms with van der Waals surface area (Å²) in [6, 6.07) is 24.2. The highest BCUT2D eigenvalue weighted by atomic mass is 16.5. The summed E-state index contributed by atoms with van der Waals surface area (Å²) < 4.78 is 5.84. The number of urea groups is 1. The van der Waals surface area contributed by atoms with E-state index in [1.54, 1.807) is 48.5 Å². The van der Waals surface area contributed by atoms with Crippen molar-refractivity contribution in [3.63, 3.8) is 0 Å². The summed E-state index contributed by atoms with van der Waals surface area (Å²) in [5.41, 5.74) is 7.48. The first kappa shape index (κ1) is 21.4. The second kappa shape index (κ2) is 10.5. The van der Waals surface area contributed by atoms with Gasteiger partial charge in [0.25, 0.3) is 0 Å². The predicted octanol–water partition coefficient (Wildman–Crippen LogP) is 4.28. The Morgan fingerprint density at radius 2 is 1.68 bits per heavy atom. The van der Waals surface area contributed by atoms with E-state index in [9.17, 15) is 9.59 Å². The maximum Gasteiger partial charge on any atom is 0.312 e. The number of para-hydroxylation sites is 1. The Kier molecular flexibility index (Phi) is 7.22. The zero-order valence-corrected chi connectivity index (χ0v) is 16.7. The molecule has 3 amide bonds. The van der Waals surface area contributed by atoms with Gasteiger partial charge in [-0.2, -0.15) is 5.26 Å². The van der Waals surface area contributed by atoms with Gasteiger partial charge in [-0.25, -0.2) is 4.79 Å². The van der Waals surface area contributed by atoms with Gasteiger partial charge in [0.2, 0.25) is 5.91 Å². The number of nitrogens with zero attached hydrogens (tertiary/aromatic N) is 1. The molecule has 0 saturated carbocycles. The van der Waals surface area contributed by atoms with Crippen molar-refractivity contribution in [1.29, 1.82) is 5.26 Å². The number of hydrogen-bond acceptors (Lipinski definition) is 4. The SMILES string of the molecule is N#CCc1ccc(NC(=O)C[C@@H](NC(N)=O)c2cccc(Oc3ccccc3)c2)cc1. The molecule has 3 rings (SSSR count). The average molecular weight is 414 g/mol. The van der Waals surface area contributed by atoms with Crippen molar-refractivity contribution in [3.05, 3.63) is 90.0 Å².